The number of hydrogen-bond donors (Lipinski definition) is 1. The first-order valence-corrected chi connectivity index (χ1v) is 8.50. The number of hydrogen-bond acceptors (Lipinski definition) is 8. The summed E-state index contributed by atoms with van der Waals surface area (Å²) in [6.07, 6.45) is 1.26. The fraction of sp³-hybridized carbons (Fsp3) is 0.0625. The molecule has 3 aromatic rings. The average molecular weight is 408 g/mol. The van der Waals surface area contributed by atoms with Crippen LogP contribution in [0.5, 0.6) is 0 Å². The van der Waals surface area contributed by atoms with Crippen molar-refractivity contribution in [1.29, 1.82) is 0 Å². The molecule has 0 aliphatic rings. The summed E-state index contributed by atoms with van der Waals surface area (Å²) in [7, 11) is 0. The van der Waals surface area contributed by atoms with Gasteiger partial charge in [0.15, 0.2) is 0 Å². The Kier molecular flexibility index (Phi) is 5.28. The van der Waals surface area contributed by atoms with Crippen LogP contribution >= 0.6 is 23.4 Å². The summed E-state index contributed by atoms with van der Waals surface area (Å²) in [5, 5.41) is 28.2. The third-order valence-corrected chi connectivity index (χ3v) is 4.32. The molecule has 27 heavy (non-hydrogen) atoms. The number of aromatic nitrogens is 2. The summed E-state index contributed by atoms with van der Waals surface area (Å²) >= 11 is 6.57. The molecule has 0 radical (unpaired) electrons. The molecule has 9 nitrogen and oxygen atoms in total. The third kappa shape index (κ3) is 4.36. The van der Waals surface area contributed by atoms with E-state index in [1.807, 2.05) is 0 Å². The van der Waals surface area contributed by atoms with E-state index in [-0.39, 0.29) is 37.9 Å². The number of benzene rings is 1. The van der Waals surface area contributed by atoms with Crippen LogP contribution in [-0.4, -0.2) is 26.2 Å². The van der Waals surface area contributed by atoms with Gasteiger partial charge >= 0.3 is 5.97 Å². The van der Waals surface area contributed by atoms with E-state index in [2.05, 4.69) is 10.2 Å². The number of nitro groups is 1. The van der Waals surface area contributed by atoms with Gasteiger partial charge in [0, 0.05) is 24.1 Å². The van der Waals surface area contributed by atoms with Crippen molar-refractivity contribution in [2.45, 2.75) is 12.1 Å². The fourth-order valence-corrected chi connectivity index (χ4v) is 2.98. The Morgan fingerprint density at radius 1 is 1.30 bits per heavy atom. The van der Waals surface area contributed by atoms with Crippen molar-refractivity contribution in [1.82, 2.24) is 10.2 Å². The Bertz CT molecular complexity index is 1060. The molecular weight excluding hydrogens is 398 g/mol. The van der Waals surface area contributed by atoms with Gasteiger partial charge in [-0.2, -0.15) is 0 Å². The minimum atomic E-state index is -1.22. The quantitative estimate of drug-likeness (QED) is 0.273. The first-order valence-electron chi connectivity index (χ1n) is 7.30. The molecule has 3 rings (SSSR count). The maximum absolute atomic E-state index is 11.4. The van der Waals surface area contributed by atoms with Gasteiger partial charge < -0.3 is 13.9 Å². The Morgan fingerprint density at radius 2 is 2.07 bits per heavy atom. The largest absolute Gasteiger partial charge is 0.477 e. The number of carboxylic acids is 1. The van der Waals surface area contributed by atoms with Crippen LogP contribution in [0.15, 0.2) is 49.3 Å². The molecular formula is C16H10ClN3O6S. The predicted molar refractivity (Wildman–Crippen MR) is 96.3 cm³/mol. The smallest absolute Gasteiger partial charge is 0.342 e. The second kappa shape index (κ2) is 7.64. The third-order valence-electron chi connectivity index (χ3n) is 3.24. The van der Waals surface area contributed by atoms with E-state index in [0.717, 1.165) is 11.8 Å². The van der Waals surface area contributed by atoms with Gasteiger partial charge in [0.2, 0.25) is 5.89 Å². The van der Waals surface area contributed by atoms with Gasteiger partial charge in [-0.1, -0.05) is 11.6 Å². The molecule has 0 saturated carbocycles. The number of rotatable bonds is 6. The van der Waals surface area contributed by atoms with Gasteiger partial charge in [-0.15, -0.1) is 10.2 Å². The highest BCUT2D eigenvalue weighted by Crippen LogP contribution is 2.34. The van der Waals surface area contributed by atoms with E-state index < -0.39 is 10.9 Å². The van der Waals surface area contributed by atoms with Crippen molar-refractivity contribution in [2.75, 3.05) is 0 Å². The normalized spacial score (nSPS) is 11.6. The Labute approximate surface area is 160 Å². The molecule has 0 bridgehead atoms. The highest BCUT2D eigenvalue weighted by atomic mass is 35.5. The van der Waals surface area contributed by atoms with Gasteiger partial charge in [0.25, 0.3) is 10.9 Å². The summed E-state index contributed by atoms with van der Waals surface area (Å²) < 4.78 is 10.7. The number of nitrogens with zero attached hydrogens (tertiary/aromatic N) is 3. The number of nitro benzene ring substituents is 1. The lowest BCUT2D eigenvalue weighted by molar-refractivity contribution is -0.384. The molecule has 2 aromatic heterocycles. The van der Waals surface area contributed by atoms with Crippen molar-refractivity contribution in [3.8, 4) is 11.3 Å². The topological polar surface area (TPSA) is 132 Å². The van der Waals surface area contributed by atoms with Crippen molar-refractivity contribution in [3.05, 3.63) is 62.0 Å². The molecule has 0 spiro atoms. The average Bonchev–Trinajstić information content (AvgIpc) is 3.23. The van der Waals surface area contributed by atoms with Crippen molar-refractivity contribution in [3.63, 3.8) is 0 Å². The molecule has 0 amide bonds. The van der Waals surface area contributed by atoms with Gasteiger partial charge in [-0.25, -0.2) is 4.79 Å². The Balaban J connectivity index is 1.93. The maximum atomic E-state index is 11.4. The van der Waals surface area contributed by atoms with Gasteiger partial charge in [0.05, 0.1) is 10.5 Å². The summed E-state index contributed by atoms with van der Waals surface area (Å²) in [6, 6.07) is 7.17. The van der Waals surface area contributed by atoms with Crippen LogP contribution in [0.1, 0.15) is 11.7 Å². The minimum Gasteiger partial charge on any atom is -0.477 e. The lowest BCUT2D eigenvalue weighted by atomic mass is 10.1. The van der Waals surface area contributed by atoms with Crippen molar-refractivity contribution < 1.29 is 23.7 Å². The molecule has 0 aliphatic carbocycles. The summed E-state index contributed by atoms with van der Waals surface area (Å²) in [6.45, 7) is 1.58. The van der Waals surface area contributed by atoms with Crippen molar-refractivity contribution >= 4 is 41.1 Å². The Morgan fingerprint density at radius 3 is 2.70 bits per heavy atom. The highest BCUT2D eigenvalue weighted by molar-refractivity contribution is 8.03. The van der Waals surface area contributed by atoms with Crippen molar-refractivity contribution in [2.24, 2.45) is 0 Å². The second-order valence-electron chi connectivity index (χ2n) is 5.12. The second-order valence-corrected chi connectivity index (χ2v) is 6.55. The monoisotopic (exact) mass is 407 g/mol. The van der Waals surface area contributed by atoms with E-state index in [1.54, 1.807) is 6.92 Å². The molecule has 138 valence electrons. The zero-order chi connectivity index (χ0) is 19.6. The fourth-order valence-electron chi connectivity index (χ4n) is 2.12. The SMILES string of the molecule is Cc1nnc(S/C(=C\c2ccc(-c3ccc(Cl)cc3[N+](=O)[O-])o2)C(=O)O)o1. The number of furan rings is 1. The summed E-state index contributed by atoms with van der Waals surface area (Å²) in [4.78, 5) is 22.0. The van der Waals surface area contributed by atoms with Crippen LogP contribution in [0.4, 0.5) is 5.69 Å². The van der Waals surface area contributed by atoms with E-state index >= 15 is 0 Å². The molecule has 0 fully saturated rings. The molecule has 2 heterocycles. The predicted octanol–water partition coefficient (Wildman–Crippen LogP) is 4.42. The van der Waals surface area contributed by atoms with E-state index in [9.17, 15) is 20.0 Å². The summed E-state index contributed by atoms with van der Waals surface area (Å²) in [5.74, 6) is -0.521. The number of carbonyl (C=O) groups is 1. The standard InChI is InChI=1S/C16H10ClN3O6S/c1-8-18-19-16(25-8)27-14(15(21)22)7-10-3-5-13(26-10)11-4-2-9(17)6-12(11)20(23)24/h2-7H,1H3,(H,21,22)/b14-7-. The minimum absolute atomic E-state index is 0.0706. The van der Waals surface area contributed by atoms with Gasteiger partial charge in [0.1, 0.15) is 16.4 Å². The first kappa shape index (κ1) is 18.7. The number of aliphatic carboxylic acids is 1. The summed E-state index contributed by atoms with van der Waals surface area (Å²) in [5.41, 5.74) is 0.00246. The van der Waals surface area contributed by atoms with Crippen LogP contribution < -0.4 is 0 Å². The van der Waals surface area contributed by atoms with Crippen LogP contribution in [-0.2, 0) is 4.79 Å². The molecule has 0 atom stereocenters. The number of thioether (sulfide) groups is 1. The van der Waals surface area contributed by atoms with Crippen LogP contribution in [0.2, 0.25) is 5.02 Å². The van der Waals surface area contributed by atoms with Gasteiger partial charge in [-0.3, -0.25) is 10.1 Å². The number of halogens is 1. The van der Waals surface area contributed by atoms with Gasteiger partial charge in [-0.05, 0) is 36.0 Å². The lowest BCUT2D eigenvalue weighted by Crippen LogP contribution is -1.96. The molecule has 1 N–H and O–H groups in total. The maximum Gasteiger partial charge on any atom is 0.342 e. The van der Waals surface area contributed by atoms with Crippen LogP contribution in [0, 0.1) is 17.0 Å². The van der Waals surface area contributed by atoms with E-state index in [0.29, 0.717) is 5.89 Å². The van der Waals surface area contributed by atoms with Crippen LogP contribution in [0.3, 0.4) is 0 Å². The highest BCUT2D eigenvalue weighted by Gasteiger charge is 2.20. The first-order chi connectivity index (χ1) is 12.8. The van der Waals surface area contributed by atoms with E-state index in [4.69, 9.17) is 20.4 Å². The molecule has 0 aliphatic heterocycles. The lowest BCUT2D eigenvalue weighted by Gasteiger charge is -2.00. The molecule has 1 aromatic carbocycles. The Hall–Kier alpha value is -3.11. The zero-order valence-corrected chi connectivity index (χ0v) is 15.2. The number of carboxylic acid groups (broad SMARTS) is 1. The molecule has 0 saturated heterocycles. The molecule has 0 unspecified atom stereocenters. The van der Waals surface area contributed by atoms with E-state index in [1.165, 1.54) is 36.4 Å². The van der Waals surface area contributed by atoms with Crippen LogP contribution in [0.25, 0.3) is 17.4 Å². The number of aryl methyl sites for hydroxylation is 1. The molecule has 11 heteroatoms. The zero-order valence-electron chi connectivity index (χ0n) is 13.6.